The summed E-state index contributed by atoms with van der Waals surface area (Å²) in [6.07, 6.45) is 3.97. The molecule has 5 nitrogen and oxygen atoms in total. The Morgan fingerprint density at radius 2 is 2.22 bits per heavy atom. The highest BCUT2D eigenvalue weighted by Gasteiger charge is 2.15. The molecule has 1 heterocycles. The van der Waals surface area contributed by atoms with E-state index in [1.807, 2.05) is 12.1 Å². The topological polar surface area (TPSA) is 62.5 Å². The molecule has 0 aliphatic carbocycles. The highest BCUT2D eigenvalue weighted by atomic mass is 32.1. The molecule has 1 aromatic heterocycles. The van der Waals surface area contributed by atoms with Crippen molar-refractivity contribution in [2.24, 2.45) is 5.73 Å². The third-order valence-corrected chi connectivity index (χ3v) is 2.58. The lowest BCUT2D eigenvalue weighted by Gasteiger charge is -2.26. The maximum Gasteiger partial charge on any atom is 0.319 e. The Bertz CT molecular complexity index is 408. The van der Waals surface area contributed by atoms with E-state index in [0.29, 0.717) is 24.5 Å². The number of nitrogens with zero attached hydrogens (tertiary/aromatic N) is 3. The molecule has 1 rings (SSSR count). The van der Waals surface area contributed by atoms with Crippen molar-refractivity contribution in [2.45, 2.75) is 13.0 Å². The summed E-state index contributed by atoms with van der Waals surface area (Å²) in [7, 11) is 3.44. The quantitative estimate of drug-likeness (QED) is 0.815. The predicted molar refractivity (Wildman–Crippen MR) is 75.1 cm³/mol. The fourth-order valence-electron chi connectivity index (χ4n) is 1.48. The van der Waals surface area contributed by atoms with E-state index in [4.69, 9.17) is 18.0 Å². The lowest BCUT2D eigenvalue weighted by Crippen LogP contribution is -2.40. The largest absolute Gasteiger partial charge is 0.393 e. The molecule has 0 saturated heterocycles. The molecule has 98 valence electrons. The molecule has 0 aliphatic rings. The zero-order valence-electron chi connectivity index (χ0n) is 10.7. The summed E-state index contributed by atoms with van der Waals surface area (Å²) in [5.41, 5.74) is 6.46. The van der Waals surface area contributed by atoms with Crippen LogP contribution in [-0.2, 0) is 6.54 Å². The highest BCUT2D eigenvalue weighted by molar-refractivity contribution is 7.80. The van der Waals surface area contributed by atoms with Crippen LogP contribution in [-0.4, -0.2) is 46.4 Å². The molecule has 6 heteroatoms. The summed E-state index contributed by atoms with van der Waals surface area (Å²) < 4.78 is 0. The van der Waals surface area contributed by atoms with Crippen LogP contribution in [0.15, 0.2) is 24.5 Å². The fraction of sp³-hybridized carbons (Fsp3) is 0.417. The SMILES string of the molecule is CN(C)C(=O)N(CCC(N)=S)Cc1cccnc1. The van der Waals surface area contributed by atoms with Crippen LogP contribution in [0.5, 0.6) is 0 Å². The molecule has 0 spiro atoms. The van der Waals surface area contributed by atoms with Gasteiger partial charge in [-0.2, -0.15) is 0 Å². The van der Waals surface area contributed by atoms with Crippen molar-refractivity contribution in [3.8, 4) is 0 Å². The van der Waals surface area contributed by atoms with Crippen LogP contribution in [0, 0.1) is 0 Å². The standard InChI is InChI=1S/C12H18N4OS/c1-15(2)12(17)16(7-5-11(13)18)9-10-4-3-6-14-8-10/h3-4,6,8H,5,7,9H2,1-2H3,(H2,13,18). The van der Waals surface area contributed by atoms with E-state index in [1.165, 1.54) is 4.90 Å². The maximum atomic E-state index is 12.0. The van der Waals surface area contributed by atoms with E-state index in [1.54, 1.807) is 31.4 Å². The van der Waals surface area contributed by atoms with Crippen molar-refractivity contribution in [1.29, 1.82) is 0 Å². The minimum Gasteiger partial charge on any atom is -0.393 e. The molecule has 2 amide bonds. The van der Waals surface area contributed by atoms with E-state index in [9.17, 15) is 4.79 Å². The smallest absolute Gasteiger partial charge is 0.319 e. The van der Waals surface area contributed by atoms with Gasteiger partial charge >= 0.3 is 6.03 Å². The third-order valence-electron chi connectivity index (χ3n) is 2.38. The number of carbonyl (C=O) groups is 1. The second-order valence-electron chi connectivity index (χ2n) is 4.18. The average Bonchev–Trinajstić information content (AvgIpc) is 2.34. The fourth-order valence-corrected chi connectivity index (χ4v) is 1.57. The van der Waals surface area contributed by atoms with Crippen LogP contribution in [0.2, 0.25) is 0 Å². The molecule has 0 unspecified atom stereocenters. The normalized spacial score (nSPS) is 9.89. The van der Waals surface area contributed by atoms with Gasteiger partial charge in [0.15, 0.2) is 0 Å². The molecule has 0 fully saturated rings. The second-order valence-corrected chi connectivity index (χ2v) is 4.70. The predicted octanol–water partition coefficient (Wildman–Crippen LogP) is 1.24. The van der Waals surface area contributed by atoms with E-state index in [0.717, 1.165) is 5.56 Å². The van der Waals surface area contributed by atoms with E-state index in [2.05, 4.69) is 4.98 Å². The van der Waals surface area contributed by atoms with Gasteiger partial charge in [-0.3, -0.25) is 4.98 Å². The van der Waals surface area contributed by atoms with Crippen molar-refractivity contribution in [2.75, 3.05) is 20.6 Å². The molecule has 1 aromatic rings. The summed E-state index contributed by atoms with van der Waals surface area (Å²) in [5, 5.41) is 0. The Hall–Kier alpha value is -1.69. The van der Waals surface area contributed by atoms with Crippen LogP contribution in [0.25, 0.3) is 0 Å². The molecule has 0 atom stereocenters. The van der Waals surface area contributed by atoms with Gasteiger partial charge in [-0.15, -0.1) is 0 Å². The first-order valence-electron chi connectivity index (χ1n) is 5.64. The lowest BCUT2D eigenvalue weighted by atomic mass is 10.2. The van der Waals surface area contributed by atoms with Crippen molar-refractivity contribution >= 4 is 23.2 Å². The van der Waals surface area contributed by atoms with E-state index < -0.39 is 0 Å². The summed E-state index contributed by atoms with van der Waals surface area (Å²) in [4.78, 5) is 19.7. The molecule has 18 heavy (non-hydrogen) atoms. The average molecular weight is 266 g/mol. The number of urea groups is 1. The van der Waals surface area contributed by atoms with Gasteiger partial charge in [0.05, 0.1) is 4.99 Å². The Labute approximate surface area is 113 Å². The molecule has 0 bridgehead atoms. The van der Waals surface area contributed by atoms with E-state index in [-0.39, 0.29) is 6.03 Å². The van der Waals surface area contributed by atoms with Crippen molar-refractivity contribution in [3.63, 3.8) is 0 Å². The first kappa shape index (κ1) is 14.4. The van der Waals surface area contributed by atoms with Gasteiger partial charge in [0.25, 0.3) is 0 Å². The number of amides is 2. The first-order valence-corrected chi connectivity index (χ1v) is 6.05. The molecule has 0 aliphatic heterocycles. The number of aromatic nitrogens is 1. The van der Waals surface area contributed by atoms with Gasteiger partial charge in [-0.25, -0.2) is 4.79 Å². The molecular formula is C12H18N4OS. The number of rotatable bonds is 5. The number of hydrogen-bond acceptors (Lipinski definition) is 3. The van der Waals surface area contributed by atoms with Gasteiger partial charge in [0.2, 0.25) is 0 Å². The third kappa shape index (κ3) is 4.67. The van der Waals surface area contributed by atoms with Crippen LogP contribution >= 0.6 is 12.2 Å². The first-order chi connectivity index (χ1) is 8.50. The van der Waals surface area contributed by atoms with E-state index >= 15 is 0 Å². The Balaban J connectivity index is 2.71. The molecule has 0 radical (unpaired) electrons. The Kier molecular flexibility index (Phi) is 5.51. The Morgan fingerprint density at radius 1 is 1.50 bits per heavy atom. The number of pyridine rings is 1. The lowest BCUT2D eigenvalue weighted by molar-refractivity contribution is 0.169. The zero-order valence-corrected chi connectivity index (χ0v) is 11.5. The van der Waals surface area contributed by atoms with Gasteiger partial charge in [-0.05, 0) is 11.6 Å². The minimum absolute atomic E-state index is 0.0601. The number of nitrogens with two attached hydrogens (primary N) is 1. The zero-order chi connectivity index (χ0) is 13.5. The van der Waals surface area contributed by atoms with Crippen LogP contribution in [0.4, 0.5) is 4.79 Å². The maximum absolute atomic E-state index is 12.0. The monoisotopic (exact) mass is 266 g/mol. The van der Waals surface area contributed by atoms with Crippen molar-refractivity contribution < 1.29 is 4.79 Å². The second kappa shape index (κ2) is 6.90. The van der Waals surface area contributed by atoms with Crippen molar-refractivity contribution in [1.82, 2.24) is 14.8 Å². The summed E-state index contributed by atoms with van der Waals surface area (Å²) in [5.74, 6) is 0. The van der Waals surface area contributed by atoms with Gasteiger partial charge < -0.3 is 15.5 Å². The van der Waals surface area contributed by atoms with Gasteiger partial charge in [0, 0.05) is 46.0 Å². The highest BCUT2D eigenvalue weighted by Crippen LogP contribution is 2.06. The Morgan fingerprint density at radius 3 is 2.72 bits per heavy atom. The number of thiocarbonyl (C=S) groups is 1. The summed E-state index contributed by atoms with van der Waals surface area (Å²) >= 11 is 4.84. The summed E-state index contributed by atoms with van der Waals surface area (Å²) in [6, 6.07) is 3.72. The van der Waals surface area contributed by atoms with Crippen LogP contribution in [0.1, 0.15) is 12.0 Å². The van der Waals surface area contributed by atoms with Crippen LogP contribution in [0.3, 0.4) is 0 Å². The van der Waals surface area contributed by atoms with Crippen LogP contribution < -0.4 is 5.73 Å². The molecule has 0 aromatic carbocycles. The summed E-state index contributed by atoms with van der Waals surface area (Å²) in [6.45, 7) is 1.02. The molecule has 2 N–H and O–H groups in total. The van der Waals surface area contributed by atoms with Gasteiger partial charge in [0.1, 0.15) is 0 Å². The molecule has 0 saturated carbocycles. The van der Waals surface area contributed by atoms with Gasteiger partial charge in [-0.1, -0.05) is 18.3 Å². The molecular weight excluding hydrogens is 248 g/mol. The van der Waals surface area contributed by atoms with Crippen molar-refractivity contribution in [3.05, 3.63) is 30.1 Å². The number of carbonyl (C=O) groups excluding carboxylic acids is 1. The minimum atomic E-state index is -0.0601. The number of hydrogen-bond donors (Lipinski definition) is 1.